The highest BCUT2D eigenvalue weighted by Gasteiger charge is 2.56. The number of anilines is 1. The van der Waals surface area contributed by atoms with Crippen LogP contribution in [0.3, 0.4) is 0 Å². The van der Waals surface area contributed by atoms with Crippen LogP contribution in [-0.4, -0.2) is 39.6 Å². The molecule has 0 aromatic heterocycles. The van der Waals surface area contributed by atoms with Crippen LogP contribution in [0.15, 0.2) is 75.8 Å². The summed E-state index contributed by atoms with van der Waals surface area (Å²) in [5.41, 5.74) is 1.42. The van der Waals surface area contributed by atoms with Gasteiger partial charge in [0.15, 0.2) is 23.1 Å². The zero-order valence-electron chi connectivity index (χ0n) is 20.1. The molecule has 0 spiro atoms. The van der Waals surface area contributed by atoms with Gasteiger partial charge in [0.2, 0.25) is 11.8 Å². The highest BCUT2D eigenvalue weighted by Crippen LogP contribution is 2.55. The van der Waals surface area contributed by atoms with E-state index >= 15 is 0 Å². The molecule has 0 unspecified atom stereocenters. The number of benzene rings is 2. The summed E-state index contributed by atoms with van der Waals surface area (Å²) in [5.74, 6) is -7.59. The number of carboxylic acids is 1. The van der Waals surface area contributed by atoms with E-state index in [1.165, 1.54) is 42.5 Å². The van der Waals surface area contributed by atoms with Crippen molar-refractivity contribution in [2.45, 2.75) is 18.8 Å². The summed E-state index contributed by atoms with van der Waals surface area (Å²) < 4.78 is 14.5. The molecule has 0 saturated carbocycles. The lowest BCUT2D eigenvalue weighted by molar-refractivity contribution is -0.123. The molecule has 1 heterocycles. The van der Waals surface area contributed by atoms with Crippen LogP contribution in [0.25, 0.3) is 0 Å². The number of allylic oxidation sites excluding steroid dienone is 6. The molecule has 3 aliphatic carbocycles. The molecule has 2 N–H and O–H groups in total. The number of amides is 2. The fraction of sp³-hybridized carbons (Fsp3) is 0.207. The minimum atomic E-state index is -1.20. The first-order valence-electron chi connectivity index (χ1n) is 12.2. The number of hydrogen-bond acceptors (Lipinski definition) is 6. The number of rotatable bonds is 3. The minimum absolute atomic E-state index is 0.0366. The van der Waals surface area contributed by atoms with Crippen molar-refractivity contribution in [3.8, 4) is 5.75 Å². The van der Waals surface area contributed by atoms with E-state index in [4.69, 9.17) is 0 Å². The predicted molar refractivity (Wildman–Crippen MR) is 139 cm³/mol. The van der Waals surface area contributed by atoms with E-state index < -0.39 is 64.6 Å². The van der Waals surface area contributed by atoms with Gasteiger partial charge in [0.25, 0.3) is 0 Å². The number of imide groups is 1. The van der Waals surface area contributed by atoms with Crippen LogP contribution in [0.1, 0.15) is 34.7 Å². The molecule has 4 atom stereocenters. The highest BCUT2D eigenvalue weighted by atomic mass is 79.9. The minimum Gasteiger partial charge on any atom is -0.505 e. The van der Waals surface area contributed by atoms with Crippen LogP contribution in [-0.2, 0) is 19.2 Å². The van der Waals surface area contributed by atoms with Gasteiger partial charge < -0.3 is 10.2 Å². The molecular formula is C29H19BrFNO7. The Bertz CT molecular complexity index is 1640. The Balaban J connectivity index is 1.48. The van der Waals surface area contributed by atoms with Crippen molar-refractivity contribution >= 4 is 51.0 Å². The van der Waals surface area contributed by atoms with Crippen LogP contribution in [0.4, 0.5) is 10.1 Å². The van der Waals surface area contributed by atoms with Crippen LogP contribution in [0.5, 0.6) is 5.75 Å². The zero-order valence-corrected chi connectivity index (χ0v) is 21.6. The first kappa shape index (κ1) is 25.1. The average molecular weight is 592 g/mol. The van der Waals surface area contributed by atoms with Gasteiger partial charge in [-0.1, -0.05) is 23.8 Å². The van der Waals surface area contributed by atoms with E-state index in [2.05, 4.69) is 15.9 Å². The Morgan fingerprint density at radius 2 is 1.79 bits per heavy atom. The maximum Gasteiger partial charge on any atom is 0.335 e. The molecule has 4 aliphatic rings. The number of carbonyl (C=O) groups is 5. The molecule has 1 fully saturated rings. The number of fused-ring (bicyclic) bond motifs is 3. The second kappa shape index (κ2) is 8.94. The molecule has 0 bridgehead atoms. The van der Waals surface area contributed by atoms with Crippen molar-refractivity contribution in [1.29, 1.82) is 0 Å². The quantitative estimate of drug-likeness (QED) is 0.311. The summed E-state index contributed by atoms with van der Waals surface area (Å²) in [4.78, 5) is 66.3. The topological polar surface area (TPSA) is 129 Å². The molecule has 1 saturated heterocycles. The molecule has 2 amide bonds. The Morgan fingerprint density at radius 3 is 2.51 bits per heavy atom. The van der Waals surface area contributed by atoms with Crippen molar-refractivity contribution in [3.05, 3.63) is 92.8 Å². The van der Waals surface area contributed by atoms with Crippen molar-refractivity contribution in [2.75, 3.05) is 4.90 Å². The molecule has 2 aromatic rings. The van der Waals surface area contributed by atoms with Crippen molar-refractivity contribution in [3.63, 3.8) is 0 Å². The highest BCUT2D eigenvalue weighted by molar-refractivity contribution is 9.12. The number of aromatic carboxylic acids is 1. The van der Waals surface area contributed by atoms with E-state index in [1.807, 2.05) is 0 Å². The molecule has 8 nitrogen and oxygen atoms in total. The standard InChI is InChI=1S/C29H19BrFNO7/c30-19-11-22(34)25-18(26(19)35)10-17-15(23(25)12-4-7-21(33)20(31)9-12)5-6-16-24(17)28(37)32(27(16)36)14-3-1-2-13(8-14)29(38)39/h1-5,7-9,11,16-17,23-24,33H,6,10H2,(H,38,39)/t16-,17+,23-,24-/m0/s1. The van der Waals surface area contributed by atoms with Crippen LogP contribution in [0, 0.1) is 23.6 Å². The lowest BCUT2D eigenvalue weighted by Crippen LogP contribution is -2.39. The van der Waals surface area contributed by atoms with E-state index in [0.29, 0.717) is 11.1 Å². The summed E-state index contributed by atoms with van der Waals surface area (Å²) in [5, 5.41) is 19.1. The fourth-order valence-electron chi connectivity index (χ4n) is 6.32. The van der Waals surface area contributed by atoms with E-state index in [1.54, 1.807) is 6.08 Å². The monoisotopic (exact) mass is 591 g/mol. The molecule has 6 rings (SSSR count). The molecule has 196 valence electrons. The van der Waals surface area contributed by atoms with Gasteiger partial charge in [0, 0.05) is 23.1 Å². The third kappa shape index (κ3) is 3.73. The first-order valence-corrected chi connectivity index (χ1v) is 13.0. The van der Waals surface area contributed by atoms with Gasteiger partial charge in [0.05, 0.1) is 27.6 Å². The number of halogens is 2. The number of carbonyl (C=O) groups excluding carboxylic acids is 4. The maximum absolute atomic E-state index is 14.5. The van der Waals surface area contributed by atoms with Gasteiger partial charge >= 0.3 is 5.97 Å². The summed E-state index contributed by atoms with van der Waals surface area (Å²) >= 11 is 3.15. The first-order chi connectivity index (χ1) is 18.6. The number of nitrogens with zero attached hydrogens (tertiary/aromatic N) is 1. The Hall–Kier alpha value is -4.18. The van der Waals surface area contributed by atoms with Crippen LogP contribution in [0.2, 0.25) is 0 Å². The zero-order chi connectivity index (χ0) is 27.7. The van der Waals surface area contributed by atoms with Gasteiger partial charge in [-0.05, 0) is 70.6 Å². The number of phenols is 1. The second-order valence-corrected chi connectivity index (χ2v) is 10.8. The molecular weight excluding hydrogens is 573 g/mol. The number of aromatic hydroxyl groups is 1. The number of hydrogen-bond donors (Lipinski definition) is 2. The van der Waals surface area contributed by atoms with Crippen molar-refractivity contribution in [2.24, 2.45) is 17.8 Å². The molecule has 2 aromatic carbocycles. The van der Waals surface area contributed by atoms with Crippen LogP contribution >= 0.6 is 15.9 Å². The third-order valence-corrected chi connectivity index (χ3v) is 8.58. The summed E-state index contributed by atoms with van der Waals surface area (Å²) in [7, 11) is 0. The number of carboxylic acid groups (broad SMARTS) is 1. The normalized spacial score (nSPS) is 26.2. The SMILES string of the molecule is O=C1C=C(Br)C(=O)C2=C1[C@@H](c1ccc(O)c(F)c1)C1=CC[C@@H]3C(=O)N(c4cccc(C(=O)O)c4)C(=O)[C@@H]3[C@@H]1C2. The van der Waals surface area contributed by atoms with E-state index in [0.717, 1.165) is 11.0 Å². The Labute approximate surface area is 229 Å². The van der Waals surface area contributed by atoms with Gasteiger partial charge in [-0.3, -0.25) is 24.1 Å². The van der Waals surface area contributed by atoms with Crippen molar-refractivity contribution in [1.82, 2.24) is 0 Å². The molecule has 1 aliphatic heterocycles. The third-order valence-electron chi connectivity index (χ3n) is 7.99. The van der Waals surface area contributed by atoms with Crippen molar-refractivity contribution < 1.29 is 38.6 Å². The molecule has 39 heavy (non-hydrogen) atoms. The fourth-order valence-corrected chi connectivity index (χ4v) is 6.77. The van der Waals surface area contributed by atoms with E-state index in [9.17, 15) is 38.6 Å². The lowest BCUT2D eigenvalue weighted by Gasteiger charge is -2.42. The number of ketones is 2. The molecule has 10 heteroatoms. The van der Waals surface area contributed by atoms with E-state index in [-0.39, 0.29) is 39.7 Å². The average Bonchev–Trinajstić information content (AvgIpc) is 3.17. The Morgan fingerprint density at radius 1 is 1.03 bits per heavy atom. The van der Waals surface area contributed by atoms with Gasteiger partial charge in [-0.15, -0.1) is 0 Å². The van der Waals surface area contributed by atoms with Gasteiger partial charge in [0.1, 0.15) is 0 Å². The van der Waals surface area contributed by atoms with Gasteiger partial charge in [-0.25, -0.2) is 9.18 Å². The maximum atomic E-state index is 14.5. The Kier molecular flexibility index (Phi) is 5.76. The number of phenolic OH excluding ortho intramolecular Hbond substituents is 1. The van der Waals surface area contributed by atoms with Gasteiger partial charge in [-0.2, -0.15) is 0 Å². The predicted octanol–water partition coefficient (Wildman–Crippen LogP) is 4.20. The largest absolute Gasteiger partial charge is 0.505 e. The summed E-state index contributed by atoms with van der Waals surface area (Å²) in [6.45, 7) is 0. The number of Topliss-reactive ketones (excluding diaryl/α,β-unsaturated/α-hetero) is 1. The summed E-state index contributed by atoms with van der Waals surface area (Å²) in [6.07, 6.45) is 3.18. The summed E-state index contributed by atoms with van der Waals surface area (Å²) in [6, 6.07) is 9.31. The second-order valence-electron chi connectivity index (χ2n) is 9.97. The lowest BCUT2D eigenvalue weighted by atomic mass is 9.59. The molecule has 0 radical (unpaired) electrons. The smallest absolute Gasteiger partial charge is 0.335 e. The van der Waals surface area contributed by atoms with Crippen LogP contribution < -0.4 is 4.90 Å².